The van der Waals surface area contributed by atoms with E-state index in [2.05, 4.69) is 5.48 Å². The monoisotopic (exact) mass is 250 g/mol. The van der Waals surface area contributed by atoms with E-state index in [1.807, 2.05) is 18.2 Å². The van der Waals surface area contributed by atoms with Crippen LogP contribution >= 0.6 is 0 Å². The molecule has 0 saturated heterocycles. The van der Waals surface area contributed by atoms with Gasteiger partial charge in [-0.2, -0.15) is 5.48 Å². The van der Waals surface area contributed by atoms with Gasteiger partial charge in [0, 0.05) is 6.42 Å². The van der Waals surface area contributed by atoms with E-state index in [-0.39, 0.29) is 5.91 Å². The maximum atomic E-state index is 11.4. The fraction of sp³-hybridized carbons (Fsp3) is 0.500. The molecule has 1 aromatic rings. The zero-order valence-electron chi connectivity index (χ0n) is 10.7. The lowest BCUT2D eigenvalue weighted by Crippen LogP contribution is -2.26. The maximum Gasteiger partial charge on any atom is 0.252 e. The highest BCUT2D eigenvalue weighted by atomic mass is 16.7. The van der Waals surface area contributed by atoms with Crippen LogP contribution in [0.1, 0.15) is 38.5 Å². The van der Waals surface area contributed by atoms with E-state index in [9.17, 15) is 4.79 Å². The summed E-state index contributed by atoms with van der Waals surface area (Å²) in [6, 6.07) is 9.22. The first-order chi connectivity index (χ1) is 8.83. The number of unbranched alkanes of at least 4 members (excludes halogenated alkanes) is 4. The van der Waals surface area contributed by atoms with Crippen molar-refractivity contribution in [3.05, 3.63) is 30.3 Å². The highest BCUT2D eigenvalue weighted by Crippen LogP contribution is 2.07. The molecule has 0 aliphatic heterocycles. The lowest BCUT2D eigenvalue weighted by atomic mass is 10.1. The van der Waals surface area contributed by atoms with Gasteiger partial charge < -0.3 is 10.6 Å². The fourth-order valence-electron chi connectivity index (χ4n) is 1.62. The van der Waals surface area contributed by atoms with E-state index in [1.54, 1.807) is 12.1 Å². The number of rotatable bonds is 9. The Bertz CT molecular complexity index is 328. The Morgan fingerprint density at radius 3 is 2.44 bits per heavy atom. The highest BCUT2D eigenvalue weighted by molar-refractivity contribution is 5.74. The van der Waals surface area contributed by atoms with Gasteiger partial charge in [0.25, 0.3) is 5.91 Å². The van der Waals surface area contributed by atoms with Gasteiger partial charge in [0.1, 0.15) is 0 Å². The van der Waals surface area contributed by atoms with Crippen LogP contribution < -0.4 is 16.1 Å². The lowest BCUT2D eigenvalue weighted by molar-refractivity contribution is -0.127. The number of amides is 1. The van der Waals surface area contributed by atoms with Crippen LogP contribution in [0, 0.1) is 0 Å². The standard InChI is InChI=1S/C14H22N2O2/c15-12-8-3-1-2-7-11-14(17)16-18-13-9-5-4-6-10-13/h4-6,9-10H,1-3,7-8,11-12,15H2,(H,16,17). The van der Waals surface area contributed by atoms with Gasteiger partial charge in [-0.05, 0) is 31.5 Å². The molecule has 0 radical (unpaired) electrons. The maximum absolute atomic E-state index is 11.4. The second-order valence-corrected chi connectivity index (χ2v) is 4.25. The molecule has 100 valence electrons. The topological polar surface area (TPSA) is 64.4 Å². The molecule has 18 heavy (non-hydrogen) atoms. The van der Waals surface area contributed by atoms with Crippen molar-refractivity contribution in [1.29, 1.82) is 0 Å². The van der Waals surface area contributed by atoms with Crippen LogP contribution in [-0.2, 0) is 4.79 Å². The third-order valence-corrected chi connectivity index (χ3v) is 2.63. The number of carbonyl (C=O) groups excluding carboxylic acids is 1. The van der Waals surface area contributed by atoms with Crippen molar-refractivity contribution >= 4 is 5.91 Å². The van der Waals surface area contributed by atoms with E-state index in [0.717, 1.165) is 38.6 Å². The van der Waals surface area contributed by atoms with E-state index in [0.29, 0.717) is 12.2 Å². The van der Waals surface area contributed by atoms with Gasteiger partial charge in [0.05, 0.1) is 0 Å². The van der Waals surface area contributed by atoms with Crippen LogP contribution in [0.15, 0.2) is 30.3 Å². The van der Waals surface area contributed by atoms with Crippen molar-refractivity contribution < 1.29 is 9.63 Å². The normalized spacial score (nSPS) is 10.1. The molecular formula is C14H22N2O2. The third-order valence-electron chi connectivity index (χ3n) is 2.63. The van der Waals surface area contributed by atoms with E-state index in [4.69, 9.17) is 10.6 Å². The number of para-hydroxylation sites is 1. The number of nitrogens with one attached hydrogen (secondary N) is 1. The Morgan fingerprint density at radius 1 is 1.06 bits per heavy atom. The average molecular weight is 250 g/mol. The van der Waals surface area contributed by atoms with Crippen LogP contribution in [0.5, 0.6) is 5.75 Å². The fourth-order valence-corrected chi connectivity index (χ4v) is 1.62. The van der Waals surface area contributed by atoms with Crippen molar-refractivity contribution in [2.45, 2.75) is 38.5 Å². The van der Waals surface area contributed by atoms with Gasteiger partial charge in [-0.3, -0.25) is 4.79 Å². The molecule has 1 amide bonds. The number of nitrogens with two attached hydrogens (primary N) is 1. The minimum absolute atomic E-state index is 0.0716. The Labute approximate surface area is 108 Å². The second-order valence-electron chi connectivity index (χ2n) is 4.25. The van der Waals surface area contributed by atoms with Crippen molar-refractivity contribution in [2.75, 3.05) is 6.54 Å². The molecule has 0 aliphatic carbocycles. The van der Waals surface area contributed by atoms with Crippen molar-refractivity contribution in [2.24, 2.45) is 5.73 Å². The molecule has 0 unspecified atom stereocenters. The van der Waals surface area contributed by atoms with Gasteiger partial charge >= 0.3 is 0 Å². The van der Waals surface area contributed by atoms with Gasteiger partial charge in [0.15, 0.2) is 5.75 Å². The van der Waals surface area contributed by atoms with Crippen LogP contribution in [0.25, 0.3) is 0 Å². The van der Waals surface area contributed by atoms with E-state index < -0.39 is 0 Å². The predicted molar refractivity (Wildman–Crippen MR) is 72.0 cm³/mol. The molecule has 0 atom stereocenters. The number of carbonyl (C=O) groups is 1. The van der Waals surface area contributed by atoms with Gasteiger partial charge in [0.2, 0.25) is 0 Å². The first-order valence-electron chi connectivity index (χ1n) is 6.53. The predicted octanol–water partition coefficient (Wildman–Crippen LogP) is 2.40. The molecule has 0 fully saturated rings. The molecule has 0 bridgehead atoms. The molecule has 0 saturated carbocycles. The molecule has 1 aromatic carbocycles. The Morgan fingerprint density at radius 2 is 1.72 bits per heavy atom. The van der Waals surface area contributed by atoms with Crippen molar-refractivity contribution in [3.8, 4) is 5.75 Å². The molecule has 0 spiro atoms. The molecule has 4 heteroatoms. The summed E-state index contributed by atoms with van der Waals surface area (Å²) in [5.74, 6) is 0.575. The Hall–Kier alpha value is -1.55. The molecule has 0 aliphatic rings. The summed E-state index contributed by atoms with van der Waals surface area (Å²) in [7, 11) is 0. The van der Waals surface area contributed by atoms with Crippen LogP contribution in [0.4, 0.5) is 0 Å². The average Bonchev–Trinajstić information content (AvgIpc) is 2.41. The summed E-state index contributed by atoms with van der Waals surface area (Å²) in [4.78, 5) is 16.6. The lowest BCUT2D eigenvalue weighted by Gasteiger charge is -2.06. The van der Waals surface area contributed by atoms with Gasteiger partial charge in [-0.15, -0.1) is 0 Å². The van der Waals surface area contributed by atoms with Crippen molar-refractivity contribution in [1.82, 2.24) is 5.48 Å². The van der Waals surface area contributed by atoms with Gasteiger partial charge in [-0.1, -0.05) is 37.5 Å². The minimum atomic E-state index is -0.0716. The summed E-state index contributed by atoms with van der Waals surface area (Å²) in [6.45, 7) is 0.755. The smallest absolute Gasteiger partial charge is 0.252 e. The van der Waals surface area contributed by atoms with Crippen molar-refractivity contribution in [3.63, 3.8) is 0 Å². The SMILES string of the molecule is NCCCCCCCC(=O)NOc1ccccc1. The summed E-state index contributed by atoms with van der Waals surface area (Å²) < 4.78 is 0. The Kier molecular flexibility index (Phi) is 7.64. The summed E-state index contributed by atoms with van der Waals surface area (Å²) >= 11 is 0. The largest absolute Gasteiger partial charge is 0.380 e. The number of hydrogen-bond acceptors (Lipinski definition) is 3. The molecule has 1 rings (SSSR count). The number of hydroxylamine groups is 1. The Balaban J connectivity index is 2.01. The first kappa shape index (κ1) is 14.5. The second kappa shape index (κ2) is 9.48. The number of benzene rings is 1. The summed E-state index contributed by atoms with van der Waals surface area (Å²) in [5.41, 5.74) is 7.85. The molecule has 3 N–H and O–H groups in total. The number of hydrogen-bond donors (Lipinski definition) is 2. The summed E-state index contributed by atoms with van der Waals surface area (Å²) in [6.07, 6.45) is 5.84. The zero-order chi connectivity index (χ0) is 13.1. The molecule has 4 nitrogen and oxygen atoms in total. The van der Waals surface area contributed by atoms with Crippen LogP contribution in [0.2, 0.25) is 0 Å². The third kappa shape index (κ3) is 6.91. The quantitative estimate of drug-likeness (QED) is 0.522. The van der Waals surface area contributed by atoms with Gasteiger partial charge in [-0.25, -0.2) is 0 Å². The van der Waals surface area contributed by atoms with E-state index >= 15 is 0 Å². The molecule has 0 aromatic heterocycles. The van der Waals surface area contributed by atoms with E-state index in [1.165, 1.54) is 0 Å². The highest BCUT2D eigenvalue weighted by Gasteiger charge is 2.01. The first-order valence-corrected chi connectivity index (χ1v) is 6.53. The van der Waals surface area contributed by atoms with Crippen LogP contribution in [-0.4, -0.2) is 12.5 Å². The van der Waals surface area contributed by atoms with Crippen LogP contribution in [0.3, 0.4) is 0 Å². The molecule has 0 heterocycles. The zero-order valence-corrected chi connectivity index (χ0v) is 10.7. The summed E-state index contributed by atoms with van der Waals surface area (Å²) in [5, 5.41) is 0. The minimum Gasteiger partial charge on any atom is -0.380 e. The molecular weight excluding hydrogens is 228 g/mol.